The minimum Gasteiger partial charge on any atom is -0.277 e. The largest absolute Gasteiger partial charge is 0.435 e. The lowest BCUT2D eigenvalue weighted by molar-refractivity contribution is -0.140. The van der Waals surface area contributed by atoms with Crippen molar-refractivity contribution in [2.45, 2.75) is 13.1 Å². The van der Waals surface area contributed by atoms with Crippen molar-refractivity contribution < 1.29 is 17.6 Å². The van der Waals surface area contributed by atoms with Crippen LogP contribution >= 0.6 is 0 Å². The van der Waals surface area contributed by atoms with Crippen LogP contribution < -0.4 is 0 Å². The van der Waals surface area contributed by atoms with Gasteiger partial charge in [-0.2, -0.15) is 23.4 Å². The van der Waals surface area contributed by atoms with Crippen LogP contribution in [0, 0.1) is 12.7 Å². The minimum atomic E-state index is -4.53. The second-order valence-electron chi connectivity index (χ2n) is 10.2. The van der Waals surface area contributed by atoms with Gasteiger partial charge in [0.05, 0.1) is 11.4 Å². The molecule has 5 heterocycles. The summed E-state index contributed by atoms with van der Waals surface area (Å²) in [5, 5.41) is 13.6. The van der Waals surface area contributed by atoms with Crippen molar-refractivity contribution in [3.63, 3.8) is 0 Å². The van der Waals surface area contributed by atoms with Gasteiger partial charge in [0.15, 0.2) is 5.69 Å². The molecule has 46 heavy (non-hydrogen) atoms. The second-order valence-corrected chi connectivity index (χ2v) is 10.2. The molecule has 0 amide bonds. The third-order valence-electron chi connectivity index (χ3n) is 7.13. The third-order valence-corrected chi connectivity index (χ3v) is 7.13. The van der Waals surface area contributed by atoms with Crippen LogP contribution in [-0.2, 0) is 6.18 Å². The van der Waals surface area contributed by atoms with E-state index in [0.29, 0.717) is 16.8 Å². The Hall–Kier alpha value is -5.97. The maximum Gasteiger partial charge on any atom is 0.435 e. The molecule has 2 N–H and O–H groups in total. The fraction of sp³-hybridized carbons (Fsp3) is 0.0571. The van der Waals surface area contributed by atoms with Crippen LogP contribution in [0.15, 0.2) is 122 Å². The lowest BCUT2D eigenvalue weighted by atomic mass is 9.97. The van der Waals surface area contributed by atoms with E-state index in [2.05, 4.69) is 35.3 Å². The molecular formula is C35H25F4N7. The first-order valence-corrected chi connectivity index (χ1v) is 14.1. The molecule has 7 nitrogen and oxygen atoms in total. The Bertz CT molecular complexity index is 2040. The Kier molecular flexibility index (Phi) is 8.46. The highest BCUT2D eigenvalue weighted by Gasteiger charge is 2.38. The quantitative estimate of drug-likeness (QED) is 0.188. The fourth-order valence-corrected chi connectivity index (χ4v) is 5.04. The molecule has 0 aliphatic carbocycles. The van der Waals surface area contributed by atoms with Gasteiger partial charge in [0.2, 0.25) is 0 Å². The molecule has 228 valence electrons. The Balaban J connectivity index is 0.000000162. The predicted octanol–water partition coefficient (Wildman–Crippen LogP) is 8.81. The van der Waals surface area contributed by atoms with Gasteiger partial charge in [-0.1, -0.05) is 23.8 Å². The number of H-pyrrole nitrogens is 2. The summed E-state index contributed by atoms with van der Waals surface area (Å²) in [4.78, 5) is 12.0. The highest BCUT2D eigenvalue weighted by Crippen LogP contribution is 2.41. The topological polar surface area (TPSA) is 96.0 Å². The molecule has 5 aromatic heterocycles. The van der Waals surface area contributed by atoms with Gasteiger partial charge in [-0.05, 0) is 84.8 Å². The Morgan fingerprint density at radius 1 is 0.543 bits per heavy atom. The zero-order valence-electron chi connectivity index (χ0n) is 24.3. The van der Waals surface area contributed by atoms with Crippen LogP contribution in [0.5, 0.6) is 0 Å². The standard InChI is InChI=1S/C19H13FN4.C16H12F3N3/c20-16-3-1-14(2-4-16)18-17(13-5-9-21-10-6-13)19(24-23-18)15-7-11-22-12-8-15;1-10-3-2-4-12(9-10)14-13(11-5-7-20-8-6-11)15(22-21-14)16(17,18)19/h1-12H,(H,23,24);2-9H,1H3,(H,21,22). The summed E-state index contributed by atoms with van der Waals surface area (Å²) in [6.07, 6.45) is 5.36. The summed E-state index contributed by atoms with van der Waals surface area (Å²) < 4.78 is 53.0. The van der Waals surface area contributed by atoms with Crippen molar-refractivity contribution in [2.75, 3.05) is 0 Å². The molecule has 0 unspecified atom stereocenters. The summed E-state index contributed by atoms with van der Waals surface area (Å²) in [6.45, 7) is 1.89. The van der Waals surface area contributed by atoms with E-state index in [1.54, 1.807) is 61.2 Å². The molecule has 0 saturated heterocycles. The van der Waals surface area contributed by atoms with Crippen LogP contribution in [0.2, 0.25) is 0 Å². The van der Waals surface area contributed by atoms with Gasteiger partial charge in [-0.3, -0.25) is 25.1 Å². The number of aromatic amines is 2. The highest BCUT2D eigenvalue weighted by atomic mass is 19.4. The van der Waals surface area contributed by atoms with Gasteiger partial charge in [-0.25, -0.2) is 4.39 Å². The Morgan fingerprint density at radius 3 is 1.63 bits per heavy atom. The minimum absolute atomic E-state index is 0.0421. The molecule has 0 spiro atoms. The molecule has 0 aliphatic rings. The molecule has 7 aromatic rings. The zero-order valence-corrected chi connectivity index (χ0v) is 24.3. The van der Waals surface area contributed by atoms with Gasteiger partial charge in [0, 0.05) is 65.0 Å². The van der Waals surface area contributed by atoms with Gasteiger partial charge < -0.3 is 0 Å². The SMILES string of the molecule is Cc1cccc(-c2[nH]nc(C(F)(F)F)c2-c2ccncc2)c1.Fc1ccc(-c2n[nH]c(-c3ccncc3)c2-c2ccncc2)cc1. The van der Waals surface area contributed by atoms with Crippen LogP contribution in [0.3, 0.4) is 0 Å². The number of nitrogens with one attached hydrogen (secondary N) is 2. The number of nitrogens with zero attached hydrogens (tertiary/aromatic N) is 5. The summed E-state index contributed by atoms with van der Waals surface area (Å²) in [6, 6.07) is 24.4. The van der Waals surface area contributed by atoms with Crippen LogP contribution in [-0.4, -0.2) is 35.3 Å². The molecule has 0 radical (unpaired) electrons. The second kappa shape index (κ2) is 12.9. The van der Waals surface area contributed by atoms with Crippen molar-refractivity contribution >= 4 is 0 Å². The van der Waals surface area contributed by atoms with E-state index in [1.165, 1.54) is 24.5 Å². The fourth-order valence-electron chi connectivity index (χ4n) is 5.04. The average Bonchev–Trinajstić information content (AvgIpc) is 3.73. The Morgan fingerprint density at radius 2 is 1.07 bits per heavy atom. The number of hydrogen-bond acceptors (Lipinski definition) is 5. The van der Waals surface area contributed by atoms with E-state index < -0.39 is 11.9 Å². The molecule has 0 saturated carbocycles. The van der Waals surface area contributed by atoms with Crippen LogP contribution in [0.25, 0.3) is 56.0 Å². The molecule has 0 atom stereocenters. The number of rotatable bonds is 5. The normalized spacial score (nSPS) is 11.2. The number of benzene rings is 2. The maximum atomic E-state index is 13.3. The number of alkyl halides is 3. The monoisotopic (exact) mass is 619 g/mol. The van der Waals surface area contributed by atoms with E-state index in [-0.39, 0.29) is 11.4 Å². The molecule has 7 rings (SSSR count). The van der Waals surface area contributed by atoms with E-state index in [1.807, 2.05) is 43.3 Å². The van der Waals surface area contributed by atoms with E-state index >= 15 is 0 Å². The number of aryl methyl sites for hydroxylation is 1. The molecule has 2 aromatic carbocycles. The molecular weight excluding hydrogens is 594 g/mol. The first-order chi connectivity index (χ1) is 22.3. The van der Waals surface area contributed by atoms with Crippen molar-refractivity contribution in [3.05, 3.63) is 139 Å². The molecule has 11 heteroatoms. The number of aromatic nitrogens is 7. The summed E-state index contributed by atoms with van der Waals surface area (Å²) in [7, 11) is 0. The van der Waals surface area contributed by atoms with Crippen molar-refractivity contribution in [2.24, 2.45) is 0 Å². The van der Waals surface area contributed by atoms with Gasteiger partial charge in [0.1, 0.15) is 11.5 Å². The maximum absolute atomic E-state index is 13.3. The van der Waals surface area contributed by atoms with Crippen molar-refractivity contribution in [1.29, 1.82) is 0 Å². The average molecular weight is 620 g/mol. The van der Waals surface area contributed by atoms with Gasteiger partial charge >= 0.3 is 6.18 Å². The van der Waals surface area contributed by atoms with Crippen molar-refractivity contribution in [3.8, 4) is 56.0 Å². The molecule has 0 fully saturated rings. The lowest BCUT2D eigenvalue weighted by Crippen LogP contribution is -2.07. The van der Waals surface area contributed by atoms with Gasteiger partial charge in [-0.15, -0.1) is 0 Å². The summed E-state index contributed by atoms with van der Waals surface area (Å²) in [5.41, 5.74) is 6.95. The number of hydrogen-bond donors (Lipinski definition) is 2. The number of pyridine rings is 3. The lowest BCUT2D eigenvalue weighted by Gasteiger charge is -2.09. The summed E-state index contributed by atoms with van der Waals surface area (Å²) in [5.74, 6) is -0.269. The summed E-state index contributed by atoms with van der Waals surface area (Å²) >= 11 is 0. The molecule has 0 bridgehead atoms. The highest BCUT2D eigenvalue weighted by molar-refractivity contribution is 5.91. The Labute approximate surface area is 261 Å². The zero-order chi connectivity index (χ0) is 32.1. The number of halogens is 4. The van der Waals surface area contributed by atoms with Crippen LogP contribution in [0.4, 0.5) is 17.6 Å². The first kappa shape index (κ1) is 30.1. The van der Waals surface area contributed by atoms with E-state index in [4.69, 9.17) is 0 Å². The predicted molar refractivity (Wildman–Crippen MR) is 167 cm³/mol. The molecule has 0 aliphatic heterocycles. The third kappa shape index (κ3) is 6.43. The first-order valence-electron chi connectivity index (χ1n) is 14.1. The van der Waals surface area contributed by atoms with E-state index in [9.17, 15) is 17.6 Å². The van der Waals surface area contributed by atoms with Crippen molar-refractivity contribution in [1.82, 2.24) is 35.3 Å². The van der Waals surface area contributed by atoms with E-state index in [0.717, 1.165) is 39.2 Å². The van der Waals surface area contributed by atoms with Gasteiger partial charge in [0.25, 0.3) is 0 Å². The smallest absolute Gasteiger partial charge is 0.277 e. The van der Waals surface area contributed by atoms with Crippen LogP contribution in [0.1, 0.15) is 11.3 Å².